The van der Waals surface area contributed by atoms with Gasteiger partial charge in [-0.15, -0.1) is 0 Å². The summed E-state index contributed by atoms with van der Waals surface area (Å²) in [6, 6.07) is 8.54. The lowest BCUT2D eigenvalue weighted by atomic mass is 10.1. The molecule has 5 N–H and O–H groups in total. The van der Waals surface area contributed by atoms with E-state index in [1.54, 1.807) is 18.2 Å². The largest absolute Gasteiger partial charge is 0.508 e. The van der Waals surface area contributed by atoms with Crippen molar-refractivity contribution in [2.45, 2.75) is 0 Å². The molecule has 0 bridgehead atoms. The molecule has 0 atom stereocenters. The molecule has 0 fully saturated rings. The fraction of sp³-hybridized carbons (Fsp3) is 0.0714. The monoisotopic (exact) mass is 274 g/mol. The first-order chi connectivity index (χ1) is 9.51. The summed E-state index contributed by atoms with van der Waals surface area (Å²) in [6.07, 6.45) is 0. The first kappa shape index (κ1) is 13.5. The number of nitrogens with two attached hydrogens (primary N) is 1. The van der Waals surface area contributed by atoms with Crippen molar-refractivity contribution in [3.05, 3.63) is 42.0 Å². The summed E-state index contributed by atoms with van der Waals surface area (Å²) >= 11 is 0. The number of ether oxygens (including phenoxy) is 1. The number of benzene rings is 2. The third-order valence-electron chi connectivity index (χ3n) is 2.72. The van der Waals surface area contributed by atoms with Gasteiger partial charge < -0.3 is 26.0 Å². The van der Waals surface area contributed by atoms with E-state index in [-0.39, 0.29) is 17.1 Å². The minimum Gasteiger partial charge on any atom is -0.508 e. The molecule has 2 aromatic rings. The third-order valence-corrected chi connectivity index (χ3v) is 2.72. The van der Waals surface area contributed by atoms with Crippen LogP contribution in [0, 0.1) is 0 Å². The third kappa shape index (κ3) is 2.74. The van der Waals surface area contributed by atoms with E-state index in [1.807, 2.05) is 0 Å². The van der Waals surface area contributed by atoms with E-state index >= 15 is 0 Å². The molecule has 6 heteroatoms. The average molecular weight is 274 g/mol. The minimum atomic E-state index is -0.505. The van der Waals surface area contributed by atoms with Gasteiger partial charge in [-0.05, 0) is 24.3 Å². The number of rotatable bonds is 3. The van der Waals surface area contributed by atoms with Crippen LogP contribution in [-0.2, 0) is 0 Å². The molecule has 0 radical (unpaired) electrons. The maximum Gasteiger partial charge on any atom is 0.259 e. The van der Waals surface area contributed by atoms with Gasteiger partial charge in [0.05, 0.1) is 18.4 Å². The van der Waals surface area contributed by atoms with Crippen LogP contribution in [0.25, 0.3) is 0 Å². The number of phenolic OH excluding ortho intramolecular Hbond substituents is 2. The Hall–Kier alpha value is -2.89. The fourth-order valence-corrected chi connectivity index (χ4v) is 1.70. The number of anilines is 2. The van der Waals surface area contributed by atoms with Crippen molar-refractivity contribution < 1.29 is 19.7 Å². The van der Waals surface area contributed by atoms with Crippen molar-refractivity contribution in [3.63, 3.8) is 0 Å². The lowest BCUT2D eigenvalue weighted by Crippen LogP contribution is -2.12. The topological polar surface area (TPSA) is 105 Å². The highest BCUT2D eigenvalue weighted by Crippen LogP contribution is 2.27. The van der Waals surface area contributed by atoms with Crippen molar-refractivity contribution in [1.82, 2.24) is 0 Å². The van der Waals surface area contributed by atoms with Gasteiger partial charge in [0, 0.05) is 17.8 Å². The normalized spacial score (nSPS) is 10.1. The molecule has 2 rings (SSSR count). The summed E-state index contributed by atoms with van der Waals surface area (Å²) in [4.78, 5) is 12.0. The second-order valence-corrected chi connectivity index (χ2v) is 4.11. The Bertz CT molecular complexity index is 656. The van der Waals surface area contributed by atoms with E-state index in [0.29, 0.717) is 17.1 Å². The van der Waals surface area contributed by atoms with Crippen molar-refractivity contribution in [1.29, 1.82) is 0 Å². The predicted octanol–water partition coefficient (Wildman–Crippen LogP) is 1.94. The van der Waals surface area contributed by atoms with Gasteiger partial charge in [0.1, 0.15) is 17.2 Å². The molecule has 20 heavy (non-hydrogen) atoms. The summed E-state index contributed by atoms with van der Waals surface area (Å²) in [6.45, 7) is 0. The fourth-order valence-electron chi connectivity index (χ4n) is 1.70. The van der Waals surface area contributed by atoms with Crippen LogP contribution >= 0.6 is 0 Å². The first-order valence-electron chi connectivity index (χ1n) is 5.78. The van der Waals surface area contributed by atoms with Gasteiger partial charge in [-0.25, -0.2) is 0 Å². The van der Waals surface area contributed by atoms with E-state index in [4.69, 9.17) is 10.5 Å². The number of hydrogen-bond acceptors (Lipinski definition) is 5. The Kier molecular flexibility index (Phi) is 3.65. The van der Waals surface area contributed by atoms with Crippen LogP contribution < -0.4 is 15.8 Å². The van der Waals surface area contributed by atoms with Crippen LogP contribution in [0.4, 0.5) is 11.4 Å². The Morgan fingerprint density at radius 3 is 2.60 bits per heavy atom. The van der Waals surface area contributed by atoms with Crippen molar-refractivity contribution in [2.75, 3.05) is 18.2 Å². The number of carbonyl (C=O) groups excluding carboxylic acids is 1. The van der Waals surface area contributed by atoms with Crippen LogP contribution in [0.1, 0.15) is 10.4 Å². The van der Waals surface area contributed by atoms with Gasteiger partial charge in [0.2, 0.25) is 0 Å². The molecule has 0 unspecified atom stereocenters. The van der Waals surface area contributed by atoms with Gasteiger partial charge in [-0.1, -0.05) is 0 Å². The summed E-state index contributed by atoms with van der Waals surface area (Å²) in [5.41, 5.74) is 6.67. The number of nitrogens with one attached hydrogen (secondary N) is 1. The lowest BCUT2D eigenvalue weighted by Gasteiger charge is -2.10. The highest BCUT2D eigenvalue weighted by molar-refractivity contribution is 6.06. The molecule has 0 aliphatic carbocycles. The second kappa shape index (κ2) is 5.40. The van der Waals surface area contributed by atoms with Crippen molar-refractivity contribution in [2.24, 2.45) is 0 Å². The van der Waals surface area contributed by atoms with E-state index < -0.39 is 5.91 Å². The number of aromatic hydroxyl groups is 2. The second-order valence-electron chi connectivity index (χ2n) is 4.11. The van der Waals surface area contributed by atoms with E-state index in [0.717, 1.165) is 6.07 Å². The Balaban J connectivity index is 2.23. The van der Waals surface area contributed by atoms with Crippen LogP contribution in [0.15, 0.2) is 36.4 Å². The van der Waals surface area contributed by atoms with E-state index in [2.05, 4.69) is 5.32 Å². The number of amides is 1. The van der Waals surface area contributed by atoms with E-state index in [1.165, 1.54) is 19.2 Å². The van der Waals surface area contributed by atoms with Crippen molar-refractivity contribution in [3.8, 4) is 17.2 Å². The van der Waals surface area contributed by atoms with E-state index in [9.17, 15) is 15.0 Å². The minimum absolute atomic E-state index is 0.0543. The average Bonchev–Trinajstić information content (AvgIpc) is 2.40. The molecule has 6 nitrogen and oxygen atoms in total. The highest BCUT2D eigenvalue weighted by Gasteiger charge is 2.12. The molecule has 0 aliphatic heterocycles. The van der Waals surface area contributed by atoms with Gasteiger partial charge >= 0.3 is 0 Å². The van der Waals surface area contributed by atoms with Gasteiger partial charge in [-0.3, -0.25) is 4.79 Å². The summed E-state index contributed by atoms with van der Waals surface area (Å²) in [5, 5.41) is 21.4. The van der Waals surface area contributed by atoms with Gasteiger partial charge in [0.15, 0.2) is 0 Å². The first-order valence-corrected chi connectivity index (χ1v) is 5.78. The maximum absolute atomic E-state index is 12.0. The lowest BCUT2D eigenvalue weighted by molar-refractivity contribution is 0.102. The molecule has 104 valence electrons. The highest BCUT2D eigenvalue weighted by atomic mass is 16.5. The molecule has 0 saturated heterocycles. The standard InChI is InChI=1S/C14H14N2O4/c1-20-13-6-8(2-5-11(13)15)16-14(19)10-4-3-9(17)7-12(10)18/h2-7,17-18H,15H2,1H3,(H,16,19). The number of carbonyl (C=O) groups is 1. The van der Waals surface area contributed by atoms with Crippen molar-refractivity contribution >= 4 is 17.3 Å². The Morgan fingerprint density at radius 2 is 1.95 bits per heavy atom. The molecule has 0 aromatic heterocycles. The molecular formula is C14H14N2O4. The van der Waals surface area contributed by atoms with Gasteiger partial charge in [-0.2, -0.15) is 0 Å². The number of methoxy groups -OCH3 is 1. The molecule has 1 amide bonds. The van der Waals surface area contributed by atoms with Crippen LogP contribution in [0.2, 0.25) is 0 Å². The molecule has 0 heterocycles. The molecule has 0 saturated carbocycles. The summed E-state index contributed by atoms with van der Waals surface area (Å²) in [5.74, 6) is -0.481. The van der Waals surface area contributed by atoms with Gasteiger partial charge in [0.25, 0.3) is 5.91 Å². The Labute approximate surface area is 115 Å². The predicted molar refractivity (Wildman–Crippen MR) is 75.1 cm³/mol. The van der Waals surface area contributed by atoms with Crippen LogP contribution in [0.5, 0.6) is 17.2 Å². The number of phenols is 2. The summed E-state index contributed by atoms with van der Waals surface area (Å²) in [7, 11) is 1.48. The molecule has 2 aromatic carbocycles. The molecular weight excluding hydrogens is 260 g/mol. The zero-order valence-corrected chi connectivity index (χ0v) is 10.8. The quantitative estimate of drug-likeness (QED) is 0.640. The summed E-state index contributed by atoms with van der Waals surface area (Å²) < 4.78 is 5.05. The number of nitrogen functional groups attached to an aromatic ring is 1. The molecule has 0 aliphatic rings. The smallest absolute Gasteiger partial charge is 0.259 e. The molecule has 0 spiro atoms. The zero-order chi connectivity index (χ0) is 14.7. The zero-order valence-electron chi connectivity index (χ0n) is 10.8. The van der Waals surface area contributed by atoms with Crippen LogP contribution in [-0.4, -0.2) is 23.2 Å². The Morgan fingerprint density at radius 1 is 1.20 bits per heavy atom. The van der Waals surface area contributed by atoms with Crippen LogP contribution in [0.3, 0.4) is 0 Å². The SMILES string of the molecule is COc1cc(NC(=O)c2ccc(O)cc2O)ccc1N. The number of hydrogen-bond donors (Lipinski definition) is 4. The maximum atomic E-state index is 12.0.